The molecule has 7 nitrogen and oxygen atoms in total. The van der Waals surface area contributed by atoms with Crippen molar-refractivity contribution >= 4 is 35.8 Å². The molecule has 3 rings (SSSR count). The van der Waals surface area contributed by atoms with Gasteiger partial charge in [-0.2, -0.15) is 0 Å². The van der Waals surface area contributed by atoms with Crippen molar-refractivity contribution in [1.29, 1.82) is 0 Å². The molecule has 1 amide bonds. The van der Waals surface area contributed by atoms with Crippen molar-refractivity contribution < 1.29 is 9.53 Å². The SMILES string of the molecule is CN=C(NCc1cccc(C(=O)NCCN(C)C)c1)NC1CC(C)(C)Oc2ccccc21.I. The van der Waals surface area contributed by atoms with E-state index < -0.39 is 0 Å². The standard InChI is InChI=1S/C25H35N5O2.HI/c1-25(2)16-21(20-11-6-7-12-22(20)32-25)29-24(26-3)28-17-18-9-8-10-19(15-18)23(31)27-13-14-30(4)5;/h6-12,15,21H,13-14,16-17H2,1-5H3,(H,27,31)(H2,26,28,29);1H. The highest BCUT2D eigenvalue weighted by atomic mass is 127. The number of ether oxygens (including phenoxy) is 1. The Hall–Kier alpha value is -2.33. The van der Waals surface area contributed by atoms with Crippen LogP contribution in [0.3, 0.4) is 0 Å². The van der Waals surface area contributed by atoms with E-state index in [0.29, 0.717) is 24.6 Å². The number of aliphatic imine (C=N–C) groups is 1. The van der Waals surface area contributed by atoms with Crippen molar-refractivity contribution in [2.24, 2.45) is 4.99 Å². The lowest BCUT2D eigenvalue weighted by atomic mass is 9.90. The summed E-state index contributed by atoms with van der Waals surface area (Å²) in [5.41, 5.74) is 2.54. The zero-order valence-corrected chi connectivity index (χ0v) is 22.5. The lowest BCUT2D eigenvalue weighted by molar-refractivity contribution is 0.0694. The fraction of sp³-hybridized carbons (Fsp3) is 0.440. The number of para-hydroxylation sites is 1. The zero-order chi connectivity index (χ0) is 23.1. The van der Waals surface area contributed by atoms with Crippen LogP contribution in [0.2, 0.25) is 0 Å². The Morgan fingerprint density at radius 1 is 1.15 bits per heavy atom. The van der Waals surface area contributed by atoms with E-state index in [9.17, 15) is 4.79 Å². The maximum Gasteiger partial charge on any atom is 0.251 e. The average Bonchev–Trinajstić information content (AvgIpc) is 2.75. The first kappa shape index (κ1) is 26.9. The third-order valence-corrected chi connectivity index (χ3v) is 5.40. The lowest BCUT2D eigenvalue weighted by Crippen LogP contribution is -2.45. The van der Waals surface area contributed by atoms with Crippen molar-refractivity contribution in [3.63, 3.8) is 0 Å². The monoisotopic (exact) mass is 565 g/mol. The molecule has 2 aromatic rings. The summed E-state index contributed by atoms with van der Waals surface area (Å²) in [4.78, 5) is 18.9. The summed E-state index contributed by atoms with van der Waals surface area (Å²) in [6.45, 7) is 6.19. The summed E-state index contributed by atoms with van der Waals surface area (Å²) in [6.07, 6.45) is 0.827. The number of fused-ring (bicyclic) bond motifs is 1. The van der Waals surface area contributed by atoms with Gasteiger partial charge in [0.05, 0.1) is 6.04 Å². The highest BCUT2D eigenvalue weighted by molar-refractivity contribution is 14.0. The largest absolute Gasteiger partial charge is 0.487 e. The van der Waals surface area contributed by atoms with Gasteiger partial charge in [0.2, 0.25) is 0 Å². The molecule has 0 bridgehead atoms. The van der Waals surface area contributed by atoms with E-state index in [1.165, 1.54) is 0 Å². The molecule has 0 fully saturated rings. The summed E-state index contributed by atoms with van der Waals surface area (Å²) >= 11 is 0. The zero-order valence-electron chi connectivity index (χ0n) is 20.1. The van der Waals surface area contributed by atoms with E-state index in [0.717, 1.165) is 29.8 Å². The number of halogens is 1. The van der Waals surface area contributed by atoms with Gasteiger partial charge in [-0.3, -0.25) is 9.79 Å². The highest BCUT2D eigenvalue weighted by Gasteiger charge is 2.33. The number of carbonyl (C=O) groups is 1. The Kier molecular flexibility index (Phi) is 9.97. The van der Waals surface area contributed by atoms with Gasteiger partial charge in [0.1, 0.15) is 11.4 Å². The number of nitrogens with zero attached hydrogens (tertiary/aromatic N) is 2. The number of nitrogens with one attached hydrogen (secondary N) is 3. The first-order valence-corrected chi connectivity index (χ1v) is 11.0. The van der Waals surface area contributed by atoms with Crippen LogP contribution < -0.4 is 20.7 Å². The number of likely N-dealkylation sites (N-methyl/N-ethyl adjacent to an activating group) is 1. The van der Waals surface area contributed by atoms with Crippen LogP contribution in [0.4, 0.5) is 0 Å². The highest BCUT2D eigenvalue weighted by Crippen LogP contribution is 2.39. The van der Waals surface area contributed by atoms with Gasteiger partial charge < -0.3 is 25.6 Å². The fourth-order valence-corrected chi connectivity index (χ4v) is 3.79. The Balaban J connectivity index is 0.00000385. The van der Waals surface area contributed by atoms with Gasteiger partial charge in [0.15, 0.2) is 5.96 Å². The first-order chi connectivity index (χ1) is 15.3. The Morgan fingerprint density at radius 2 is 1.91 bits per heavy atom. The molecular formula is C25H36IN5O2. The molecule has 1 heterocycles. The van der Waals surface area contributed by atoms with E-state index in [2.05, 4.69) is 40.9 Å². The number of hydrogen-bond donors (Lipinski definition) is 3. The summed E-state index contributed by atoms with van der Waals surface area (Å²) in [6, 6.07) is 15.9. The number of rotatable bonds is 7. The van der Waals surface area contributed by atoms with E-state index >= 15 is 0 Å². The van der Waals surface area contributed by atoms with Gasteiger partial charge in [-0.15, -0.1) is 24.0 Å². The van der Waals surface area contributed by atoms with Crippen molar-refractivity contribution in [2.75, 3.05) is 34.2 Å². The molecule has 2 aromatic carbocycles. The van der Waals surface area contributed by atoms with Crippen LogP contribution in [0.25, 0.3) is 0 Å². The van der Waals surface area contributed by atoms with Gasteiger partial charge in [0.25, 0.3) is 5.91 Å². The second-order valence-electron chi connectivity index (χ2n) is 8.99. The van der Waals surface area contributed by atoms with Gasteiger partial charge in [0, 0.05) is 44.2 Å². The third kappa shape index (κ3) is 7.89. The van der Waals surface area contributed by atoms with Crippen LogP contribution in [0.15, 0.2) is 53.5 Å². The van der Waals surface area contributed by atoms with Gasteiger partial charge in [-0.1, -0.05) is 30.3 Å². The first-order valence-electron chi connectivity index (χ1n) is 11.0. The molecule has 180 valence electrons. The summed E-state index contributed by atoms with van der Waals surface area (Å²) < 4.78 is 6.13. The lowest BCUT2D eigenvalue weighted by Gasteiger charge is -2.38. The van der Waals surface area contributed by atoms with Crippen LogP contribution in [-0.4, -0.2) is 56.6 Å². The summed E-state index contributed by atoms with van der Waals surface area (Å²) in [5.74, 6) is 1.56. The van der Waals surface area contributed by atoms with Crippen molar-refractivity contribution in [3.05, 3.63) is 65.2 Å². The molecule has 1 unspecified atom stereocenters. The molecule has 1 aliphatic rings. The number of amides is 1. The quantitative estimate of drug-likeness (QED) is 0.272. The van der Waals surface area contributed by atoms with Gasteiger partial charge in [-0.05, 0) is 51.7 Å². The predicted molar refractivity (Wildman–Crippen MR) is 145 cm³/mol. The Bertz CT molecular complexity index is 961. The molecule has 33 heavy (non-hydrogen) atoms. The normalized spacial score (nSPS) is 16.8. The molecule has 0 aromatic heterocycles. The smallest absolute Gasteiger partial charge is 0.251 e. The third-order valence-electron chi connectivity index (χ3n) is 5.40. The molecule has 1 aliphatic heterocycles. The van der Waals surface area contributed by atoms with Crippen LogP contribution >= 0.6 is 24.0 Å². The van der Waals surface area contributed by atoms with Crippen LogP contribution in [0.1, 0.15) is 47.8 Å². The molecule has 8 heteroatoms. The van der Waals surface area contributed by atoms with Crippen LogP contribution in [0, 0.1) is 0 Å². The Morgan fingerprint density at radius 3 is 2.64 bits per heavy atom. The topological polar surface area (TPSA) is 78.0 Å². The predicted octanol–water partition coefficient (Wildman–Crippen LogP) is 3.56. The van der Waals surface area contributed by atoms with E-state index in [1.807, 2.05) is 61.5 Å². The minimum Gasteiger partial charge on any atom is -0.487 e. The number of guanidine groups is 1. The molecular weight excluding hydrogens is 529 g/mol. The van der Waals surface area contributed by atoms with Gasteiger partial charge in [-0.25, -0.2) is 0 Å². The van der Waals surface area contributed by atoms with E-state index in [-0.39, 0.29) is 41.5 Å². The van der Waals surface area contributed by atoms with E-state index in [4.69, 9.17) is 4.74 Å². The van der Waals surface area contributed by atoms with Crippen LogP contribution in [0.5, 0.6) is 5.75 Å². The van der Waals surface area contributed by atoms with Crippen molar-refractivity contribution in [3.8, 4) is 5.75 Å². The number of hydrogen-bond acceptors (Lipinski definition) is 4. The molecule has 0 saturated carbocycles. The van der Waals surface area contributed by atoms with E-state index in [1.54, 1.807) is 7.05 Å². The molecule has 3 N–H and O–H groups in total. The maximum atomic E-state index is 12.4. The molecule has 1 atom stereocenters. The van der Waals surface area contributed by atoms with Crippen molar-refractivity contribution in [1.82, 2.24) is 20.9 Å². The molecule has 0 saturated heterocycles. The second-order valence-corrected chi connectivity index (χ2v) is 8.99. The summed E-state index contributed by atoms with van der Waals surface area (Å²) in [5, 5.41) is 9.87. The minimum absolute atomic E-state index is 0. The number of benzene rings is 2. The average molecular weight is 566 g/mol. The Labute approximate surface area is 214 Å². The maximum absolute atomic E-state index is 12.4. The molecule has 0 aliphatic carbocycles. The minimum atomic E-state index is -0.265. The van der Waals surface area contributed by atoms with Gasteiger partial charge >= 0.3 is 0 Å². The van der Waals surface area contributed by atoms with Crippen molar-refractivity contribution in [2.45, 2.75) is 38.5 Å². The van der Waals surface area contributed by atoms with Crippen LogP contribution in [-0.2, 0) is 6.54 Å². The summed E-state index contributed by atoms with van der Waals surface area (Å²) in [7, 11) is 5.74. The molecule has 0 radical (unpaired) electrons. The second kappa shape index (κ2) is 12.2. The fourth-order valence-electron chi connectivity index (χ4n) is 3.79. The number of carbonyl (C=O) groups excluding carboxylic acids is 1. The molecule has 0 spiro atoms.